The summed E-state index contributed by atoms with van der Waals surface area (Å²) in [5, 5.41) is 9.81. The van der Waals surface area contributed by atoms with Crippen molar-refractivity contribution in [1.82, 2.24) is 4.57 Å². The first kappa shape index (κ1) is 9.58. The molecule has 2 rings (SSSR count). The number of rotatable bonds is 2. The van der Waals surface area contributed by atoms with Gasteiger partial charge in [0.1, 0.15) is 5.56 Å². The maximum absolute atomic E-state index is 11.1. The average molecular weight is 205 g/mol. The maximum Gasteiger partial charge on any atom is 0.341 e. The van der Waals surface area contributed by atoms with Gasteiger partial charge in [-0.15, -0.1) is 0 Å². The molecule has 0 aliphatic heterocycles. The van der Waals surface area contributed by atoms with Crippen LogP contribution in [0.15, 0.2) is 24.3 Å². The van der Waals surface area contributed by atoms with Gasteiger partial charge in [0.15, 0.2) is 0 Å². The van der Waals surface area contributed by atoms with Gasteiger partial charge in [-0.1, -0.05) is 18.2 Å². The molecular weight excluding hydrogens is 194 g/mol. The van der Waals surface area contributed by atoms with Crippen molar-refractivity contribution in [1.29, 1.82) is 0 Å². The van der Waals surface area contributed by atoms with E-state index in [1.165, 1.54) is 7.11 Å². The van der Waals surface area contributed by atoms with E-state index in [9.17, 15) is 4.79 Å². The van der Waals surface area contributed by atoms with Gasteiger partial charge in [-0.3, -0.25) is 0 Å². The number of fused-ring (bicyclic) bond motifs is 1. The van der Waals surface area contributed by atoms with Crippen LogP contribution in [0.25, 0.3) is 10.9 Å². The predicted molar refractivity (Wildman–Crippen MR) is 56.4 cm³/mol. The molecule has 2 aromatic rings. The first-order valence-electron chi connectivity index (χ1n) is 4.51. The van der Waals surface area contributed by atoms with Crippen LogP contribution in [-0.4, -0.2) is 22.8 Å². The molecule has 78 valence electrons. The molecule has 1 N–H and O–H groups in total. The van der Waals surface area contributed by atoms with Crippen molar-refractivity contribution in [3.63, 3.8) is 0 Å². The van der Waals surface area contributed by atoms with Gasteiger partial charge < -0.3 is 14.4 Å². The van der Waals surface area contributed by atoms with E-state index in [1.54, 1.807) is 17.7 Å². The van der Waals surface area contributed by atoms with Crippen LogP contribution in [0.5, 0.6) is 5.88 Å². The van der Waals surface area contributed by atoms with Gasteiger partial charge in [0.2, 0.25) is 5.88 Å². The molecule has 0 bridgehead atoms. The first-order chi connectivity index (χ1) is 7.16. The Hall–Kier alpha value is -1.97. The first-order valence-corrected chi connectivity index (χ1v) is 4.51. The number of methoxy groups -OCH3 is 1. The van der Waals surface area contributed by atoms with Gasteiger partial charge in [0.05, 0.1) is 12.6 Å². The molecule has 4 nitrogen and oxygen atoms in total. The second kappa shape index (κ2) is 3.31. The second-order valence-electron chi connectivity index (χ2n) is 3.27. The Bertz CT molecular complexity index is 528. The average Bonchev–Trinajstić information content (AvgIpc) is 2.52. The third-order valence-corrected chi connectivity index (χ3v) is 2.46. The lowest BCUT2D eigenvalue weighted by Crippen LogP contribution is -2.00. The number of benzene rings is 1. The van der Waals surface area contributed by atoms with E-state index in [1.807, 2.05) is 18.2 Å². The van der Waals surface area contributed by atoms with Gasteiger partial charge in [-0.25, -0.2) is 4.79 Å². The summed E-state index contributed by atoms with van der Waals surface area (Å²) >= 11 is 0. The maximum atomic E-state index is 11.1. The molecule has 0 aliphatic rings. The molecule has 0 aliphatic carbocycles. The van der Waals surface area contributed by atoms with Crippen LogP contribution in [0, 0.1) is 0 Å². The van der Waals surface area contributed by atoms with Crippen molar-refractivity contribution < 1.29 is 14.6 Å². The van der Waals surface area contributed by atoms with Crippen LogP contribution in [0.2, 0.25) is 0 Å². The lowest BCUT2D eigenvalue weighted by Gasteiger charge is -2.02. The number of aromatic carboxylic acids is 1. The number of aryl methyl sites for hydroxylation is 1. The zero-order valence-corrected chi connectivity index (χ0v) is 8.52. The normalized spacial score (nSPS) is 10.5. The summed E-state index contributed by atoms with van der Waals surface area (Å²) in [5.74, 6) is -0.590. The summed E-state index contributed by atoms with van der Waals surface area (Å²) in [6.07, 6.45) is 0. The number of aromatic nitrogens is 1. The Balaban J connectivity index is 2.91. The van der Waals surface area contributed by atoms with E-state index in [-0.39, 0.29) is 5.56 Å². The number of para-hydroxylation sites is 1. The molecule has 0 saturated carbocycles. The fourth-order valence-electron chi connectivity index (χ4n) is 1.82. The van der Waals surface area contributed by atoms with Crippen molar-refractivity contribution >= 4 is 16.9 Å². The van der Waals surface area contributed by atoms with E-state index in [2.05, 4.69) is 0 Å². The molecule has 0 amide bonds. The third-order valence-electron chi connectivity index (χ3n) is 2.46. The highest BCUT2D eigenvalue weighted by atomic mass is 16.5. The minimum atomic E-state index is -0.969. The Labute approximate surface area is 86.7 Å². The SMILES string of the molecule is COc1c(C(=O)O)c2ccccc2n1C. The monoisotopic (exact) mass is 205 g/mol. The standard InChI is InChI=1S/C11H11NO3/c1-12-8-6-4-3-5-7(8)9(11(13)14)10(12)15-2/h3-6H,1-2H3,(H,13,14). The third kappa shape index (κ3) is 1.26. The highest BCUT2D eigenvalue weighted by molar-refractivity contribution is 6.06. The molecule has 1 aromatic heterocycles. The van der Waals surface area contributed by atoms with Gasteiger partial charge in [-0.05, 0) is 6.07 Å². The minimum absolute atomic E-state index is 0.218. The number of carboxylic acids is 1. The van der Waals surface area contributed by atoms with Crippen molar-refractivity contribution in [2.24, 2.45) is 7.05 Å². The summed E-state index contributed by atoms with van der Waals surface area (Å²) < 4.78 is 6.84. The van der Waals surface area contributed by atoms with Crippen molar-refractivity contribution in [2.75, 3.05) is 7.11 Å². The lowest BCUT2D eigenvalue weighted by atomic mass is 10.2. The van der Waals surface area contributed by atoms with Gasteiger partial charge >= 0.3 is 5.97 Å². The molecular formula is C11H11NO3. The van der Waals surface area contributed by atoms with E-state index < -0.39 is 5.97 Å². The van der Waals surface area contributed by atoms with Gasteiger partial charge in [-0.2, -0.15) is 0 Å². The highest BCUT2D eigenvalue weighted by Crippen LogP contribution is 2.30. The summed E-state index contributed by atoms with van der Waals surface area (Å²) in [4.78, 5) is 11.1. The number of ether oxygens (including phenoxy) is 1. The number of nitrogens with zero attached hydrogens (tertiary/aromatic N) is 1. The second-order valence-corrected chi connectivity index (χ2v) is 3.27. The number of carbonyl (C=O) groups is 1. The smallest absolute Gasteiger partial charge is 0.341 e. The van der Waals surface area contributed by atoms with E-state index >= 15 is 0 Å². The van der Waals surface area contributed by atoms with Crippen LogP contribution in [0.4, 0.5) is 0 Å². The summed E-state index contributed by atoms with van der Waals surface area (Å²) in [6.45, 7) is 0. The predicted octanol–water partition coefficient (Wildman–Crippen LogP) is 1.89. The topological polar surface area (TPSA) is 51.5 Å². The number of carboxylic acid groups (broad SMARTS) is 1. The quantitative estimate of drug-likeness (QED) is 0.814. The largest absolute Gasteiger partial charge is 0.482 e. The fourth-order valence-corrected chi connectivity index (χ4v) is 1.82. The fraction of sp³-hybridized carbons (Fsp3) is 0.182. The zero-order valence-electron chi connectivity index (χ0n) is 8.52. The molecule has 0 unspecified atom stereocenters. The Morgan fingerprint density at radius 1 is 1.40 bits per heavy atom. The zero-order chi connectivity index (χ0) is 11.0. The molecule has 0 fully saturated rings. The Morgan fingerprint density at radius 3 is 2.67 bits per heavy atom. The van der Waals surface area contributed by atoms with E-state index in [4.69, 9.17) is 9.84 Å². The van der Waals surface area contributed by atoms with Crippen LogP contribution in [0.1, 0.15) is 10.4 Å². The minimum Gasteiger partial charge on any atom is -0.482 e. The van der Waals surface area contributed by atoms with Crippen molar-refractivity contribution in [3.8, 4) is 5.88 Å². The molecule has 0 atom stereocenters. The van der Waals surface area contributed by atoms with Crippen LogP contribution in [0.3, 0.4) is 0 Å². The molecule has 0 radical (unpaired) electrons. The Kier molecular flexibility index (Phi) is 2.11. The molecule has 1 heterocycles. The number of hydrogen-bond acceptors (Lipinski definition) is 2. The van der Waals surface area contributed by atoms with Crippen LogP contribution >= 0.6 is 0 Å². The van der Waals surface area contributed by atoms with Crippen molar-refractivity contribution in [3.05, 3.63) is 29.8 Å². The summed E-state index contributed by atoms with van der Waals surface area (Å²) in [6, 6.07) is 7.33. The summed E-state index contributed by atoms with van der Waals surface area (Å²) in [7, 11) is 3.26. The van der Waals surface area contributed by atoms with Gasteiger partial charge in [0, 0.05) is 12.4 Å². The van der Waals surface area contributed by atoms with Crippen molar-refractivity contribution in [2.45, 2.75) is 0 Å². The number of hydrogen-bond donors (Lipinski definition) is 1. The van der Waals surface area contributed by atoms with E-state index in [0.717, 1.165) is 5.52 Å². The summed E-state index contributed by atoms with van der Waals surface area (Å²) in [5.41, 5.74) is 1.07. The molecule has 0 spiro atoms. The highest BCUT2D eigenvalue weighted by Gasteiger charge is 2.20. The molecule has 15 heavy (non-hydrogen) atoms. The van der Waals surface area contributed by atoms with E-state index in [0.29, 0.717) is 11.3 Å². The van der Waals surface area contributed by atoms with Crippen LogP contribution in [-0.2, 0) is 7.05 Å². The Morgan fingerprint density at radius 2 is 2.07 bits per heavy atom. The van der Waals surface area contributed by atoms with Gasteiger partial charge in [0.25, 0.3) is 0 Å². The molecule has 0 saturated heterocycles. The molecule has 1 aromatic carbocycles. The van der Waals surface area contributed by atoms with Crippen LogP contribution < -0.4 is 4.74 Å². The lowest BCUT2D eigenvalue weighted by molar-refractivity contribution is 0.0695. The molecule has 4 heteroatoms.